The van der Waals surface area contributed by atoms with Crippen LogP contribution in [-0.2, 0) is 4.74 Å². The van der Waals surface area contributed by atoms with Crippen LogP contribution in [0.1, 0.15) is 12.8 Å². The summed E-state index contributed by atoms with van der Waals surface area (Å²) in [6.07, 6.45) is 2.70. The number of ether oxygens (including phenoxy) is 2. The van der Waals surface area contributed by atoms with Gasteiger partial charge in [-0.15, -0.1) is 0 Å². The number of aliphatic hydroxyl groups is 1. The number of nitrogens with zero attached hydrogens (tertiary/aromatic N) is 6. The van der Waals surface area contributed by atoms with Gasteiger partial charge in [0.2, 0.25) is 5.95 Å². The lowest BCUT2D eigenvalue weighted by Crippen LogP contribution is -2.61. The van der Waals surface area contributed by atoms with Crippen molar-refractivity contribution in [1.82, 2.24) is 24.6 Å². The molecule has 2 N–H and O–H groups in total. The first kappa shape index (κ1) is 22.4. The van der Waals surface area contributed by atoms with Crippen molar-refractivity contribution in [2.45, 2.75) is 37.6 Å². The number of fused-ring (bicyclic) bond motifs is 1. The van der Waals surface area contributed by atoms with E-state index in [0.717, 1.165) is 50.6 Å². The number of aromatic nitrogens is 4. The molecule has 3 aromatic rings. The van der Waals surface area contributed by atoms with E-state index < -0.39 is 6.61 Å². The summed E-state index contributed by atoms with van der Waals surface area (Å²) in [7, 11) is 0. The Hall–Kier alpha value is -3.09. The van der Waals surface area contributed by atoms with Gasteiger partial charge in [-0.2, -0.15) is 23.8 Å². The fourth-order valence-electron chi connectivity index (χ4n) is 4.87. The Kier molecular flexibility index (Phi) is 5.86. The number of hydrogen-bond acceptors (Lipinski definition) is 9. The highest BCUT2D eigenvalue weighted by atomic mass is 19.3. The molecule has 0 unspecified atom stereocenters. The third-order valence-corrected chi connectivity index (χ3v) is 6.87. The number of halogens is 2. The van der Waals surface area contributed by atoms with Gasteiger partial charge in [-0.25, -0.2) is 4.68 Å². The lowest BCUT2D eigenvalue weighted by atomic mass is 9.90. The van der Waals surface area contributed by atoms with E-state index in [1.54, 1.807) is 23.0 Å². The third-order valence-electron chi connectivity index (χ3n) is 6.87. The SMILES string of the molecule is O[C@H]1C[C@@H](Nc2nc(N3CC(N4CCOCC4)C3)c3cnn(-c4cccc(OC(F)F)c4)c3n2)C1. The number of rotatable bonds is 7. The van der Waals surface area contributed by atoms with Crippen LogP contribution < -0.4 is 15.0 Å². The number of aliphatic hydroxyl groups excluding tert-OH is 1. The van der Waals surface area contributed by atoms with Gasteiger partial charge in [0.05, 0.1) is 36.6 Å². The van der Waals surface area contributed by atoms with Crippen molar-refractivity contribution in [2.75, 3.05) is 49.6 Å². The van der Waals surface area contributed by atoms with Gasteiger partial charge in [0.1, 0.15) is 11.6 Å². The molecule has 12 heteroatoms. The second-order valence-corrected chi connectivity index (χ2v) is 9.21. The summed E-state index contributed by atoms with van der Waals surface area (Å²) in [5, 5.41) is 18.3. The zero-order valence-corrected chi connectivity index (χ0v) is 19.1. The van der Waals surface area contributed by atoms with Crippen LogP contribution in [0.4, 0.5) is 20.5 Å². The summed E-state index contributed by atoms with van der Waals surface area (Å²) in [5.41, 5.74) is 1.13. The molecule has 35 heavy (non-hydrogen) atoms. The maximum Gasteiger partial charge on any atom is 0.387 e. The normalized spacial score (nSPS) is 23.4. The van der Waals surface area contributed by atoms with Crippen molar-refractivity contribution in [3.63, 3.8) is 0 Å². The largest absolute Gasteiger partial charge is 0.435 e. The predicted molar refractivity (Wildman–Crippen MR) is 124 cm³/mol. The minimum atomic E-state index is -2.91. The molecule has 0 spiro atoms. The zero-order valence-electron chi connectivity index (χ0n) is 19.1. The van der Waals surface area contributed by atoms with Crippen molar-refractivity contribution in [2.24, 2.45) is 0 Å². The van der Waals surface area contributed by atoms with Crippen molar-refractivity contribution in [3.8, 4) is 11.4 Å². The van der Waals surface area contributed by atoms with E-state index in [4.69, 9.17) is 14.7 Å². The number of hydrogen-bond donors (Lipinski definition) is 2. The molecule has 3 fully saturated rings. The summed E-state index contributed by atoms with van der Waals surface area (Å²) in [6.45, 7) is 2.17. The second kappa shape index (κ2) is 9.17. The average Bonchev–Trinajstić information content (AvgIpc) is 3.22. The Bertz CT molecular complexity index is 1190. The highest BCUT2D eigenvalue weighted by Crippen LogP contribution is 2.33. The standard InChI is InChI=1S/C23H27F2N7O3/c24-22(25)35-18-3-1-2-15(10-18)32-21-19(11-26-32)20(28-23(29-21)27-14-8-17(33)9-14)31-12-16(13-31)30-4-6-34-7-5-30/h1-3,10-11,14,16-17,22,33H,4-9,12-13H2,(H,27,28,29)/t14-,17+. The van der Waals surface area contributed by atoms with Crippen LogP contribution in [0.2, 0.25) is 0 Å². The average molecular weight is 488 g/mol. The minimum Gasteiger partial charge on any atom is -0.435 e. The number of morpholine rings is 1. The Labute approximate surface area is 200 Å². The van der Waals surface area contributed by atoms with E-state index in [1.807, 2.05) is 0 Å². The van der Waals surface area contributed by atoms with Gasteiger partial charge in [0.15, 0.2) is 5.65 Å². The molecule has 2 aliphatic heterocycles. The molecular weight excluding hydrogens is 460 g/mol. The van der Waals surface area contributed by atoms with Crippen LogP contribution in [0.15, 0.2) is 30.5 Å². The molecule has 186 valence electrons. The minimum absolute atomic E-state index is 0.0494. The Morgan fingerprint density at radius 1 is 1.14 bits per heavy atom. The smallest absolute Gasteiger partial charge is 0.387 e. The Morgan fingerprint density at radius 2 is 1.94 bits per heavy atom. The van der Waals surface area contributed by atoms with Gasteiger partial charge in [0, 0.05) is 44.3 Å². The maximum atomic E-state index is 12.7. The van der Waals surface area contributed by atoms with Crippen LogP contribution in [0, 0.1) is 0 Å². The molecule has 6 rings (SSSR count). The molecule has 0 amide bonds. The van der Waals surface area contributed by atoms with Crippen LogP contribution in [0.5, 0.6) is 5.75 Å². The molecule has 1 aliphatic carbocycles. The molecule has 3 aliphatic rings. The van der Waals surface area contributed by atoms with Gasteiger partial charge in [-0.05, 0) is 25.0 Å². The number of alkyl halides is 2. The highest BCUT2D eigenvalue weighted by Gasteiger charge is 2.35. The quantitative estimate of drug-likeness (QED) is 0.517. The second-order valence-electron chi connectivity index (χ2n) is 9.21. The zero-order chi connectivity index (χ0) is 23.9. The summed E-state index contributed by atoms with van der Waals surface area (Å²) in [5.74, 6) is 1.29. The van der Waals surface area contributed by atoms with Crippen molar-refractivity contribution >= 4 is 22.8 Å². The lowest BCUT2D eigenvalue weighted by molar-refractivity contribution is -0.0498. The topological polar surface area (TPSA) is 101 Å². The van der Waals surface area contributed by atoms with Crippen LogP contribution >= 0.6 is 0 Å². The van der Waals surface area contributed by atoms with Crippen molar-refractivity contribution in [1.29, 1.82) is 0 Å². The summed E-state index contributed by atoms with van der Waals surface area (Å²) < 4.78 is 37.1. The molecular formula is C23H27F2N7O3. The van der Waals surface area contributed by atoms with E-state index in [2.05, 4.69) is 25.0 Å². The van der Waals surface area contributed by atoms with Crippen LogP contribution in [-0.4, -0.2) is 93.9 Å². The van der Waals surface area contributed by atoms with Crippen LogP contribution in [0.25, 0.3) is 16.7 Å². The lowest BCUT2D eigenvalue weighted by Gasteiger charge is -2.47. The van der Waals surface area contributed by atoms with Gasteiger partial charge in [-0.1, -0.05) is 6.07 Å². The van der Waals surface area contributed by atoms with Gasteiger partial charge in [-0.3, -0.25) is 4.90 Å². The van der Waals surface area contributed by atoms with E-state index in [-0.39, 0.29) is 17.9 Å². The van der Waals surface area contributed by atoms with Crippen molar-refractivity contribution in [3.05, 3.63) is 30.5 Å². The molecule has 1 aromatic carbocycles. The van der Waals surface area contributed by atoms with E-state index in [9.17, 15) is 13.9 Å². The number of benzene rings is 1. The molecule has 0 atom stereocenters. The summed E-state index contributed by atoms with van der Waals surface area (Å²) in [4.78, 5) is 14.2. The highest BCUT2D eigenvalue weighted by molar-refractivity contribution is 5.89. The van der Waals surface area contributed by atoms with E-state index >= 15 is 0 Å². The fraction of sp³-hybridized carbons (Fsp3) is 0.522. The monoisotopic (exact) mass is 487 g/mol. The molecule has 10 nitrogen and oxygen atoms in total. The van der Waals surface area contributed by atoms with Crippen LogP contribution in [0.3, 0.4) is 0 Å². The van der Waals surface area contributed by atoms with E-state index in [0.29, 0.717) is 36.2 Å². The van der Waals surface area contributed by atoms with Gasteiger partial charge in [0.25, 0.3) is 0 Å². The first-order chi connectivity index (χ1) is 17.0. The molecule has 0 bridgehead atoms. The molecule has 2 aromatic heterocycles. The maximum absolute atomic E-state index is 12.7. The third kappa shape index (κ3) is 4.48. The Balaban J connectivity index is 1.32. The van der Waals surface area contributed by atoms with E-state index in [1.165, 1.54) is 12.1 Å². The molecule has 1 saturated carbocycles. The summed E-state index contributed by atoms with van der Waals surface area (Å²) >= 11 is 0. The van der Waals surface area contributed by atoms with Gasteiger partial charge < -0.3 is 24.8 Å². The first-order valence-electron chi connectivity index (χ1n) is 11.9. The molecule has 2 saturated heterocycles. The summed E-state index contributed by atoms with van der Waals surface area (Å²) in [6, 6.07) is 6.93. The fourth-order valence-corrected chi connectivity index (χ4v) is 4.87. The Morgan fingerprint density at radius 3 is 2.69 bits per heavy atom. The van der Waals surface area contributed by atoms with Gasteiger partial charge >= 0.3 is 6.61 Å². The molecule has 0 radical (unpaired) electrons. The number of nitrogens with one attached hydrogen (secondary N) is 1. The molecule has 4 heterocycles. The first-order valence-corrected chi connectivity index (χ1v) is 11.9. The van der Waals surface area contributed by atoms with Crippen molar-refractivity contribution < 1.29 is 23.4 Å². The number of anilines is 2. The predicted octanol–water partition coefficient (Wildman–Crippen LogP) is 1.87.